The molecule has 0 bridgehead atoms. The molecule has 94 valence electrons. The lowest BCUT2D eigenvalue weighted by molar-refractivity contribution is 0.00613. The van der Waals surface area contributed by atoms with Gasteiger partial charge >= 0.3 is 0 Å². The van der Waals surface area contributed by atoms with Gasteiger partial charge in [0.2, 0.25) is 0 Å². The summed E-state index contributed by atoms with van der Waals surface area (Å²) < 4.78 is 18.9. The maximum atomic E-state index is 13.4. The Bertz CT molecular complexity index is 391. The van der Waals surface area contributed by atoms with Crippen molar-refractivity contribution in [2.45, 2.75) is 19.3 Å². The Kier molecular flexibility index (Phi) is 4.45. The van der Waals surface area contributed by atoms with Gasteiger partial charge in [-0.05, 0) is 30.9 Å². The summed E-state index contributed by atoms with van der Waals surface area (Å²) in [4.78, 5) is 0. The first-order valence-corrected chi connectivity index (χ1v) is 7.23. The lowest BCUT2D eigenvalue weighted by atomic mass is 9.79. The van der Waals surface area contributed by atoms with E-state index in [-0.39, 0.29) is 16.3 Å². The molecule has 1 aliphatic heterocycles. The third-order valence-electron chi connectivity index (χ3n) is 3.28. The summed E-state index contributed by atoms with van der Waals surface area (Å²) in [6.07, 6.45) is 2.90. The third kappa shape index (κ3) is 3.01. The van der Waals surface area contributed by atoms with Crippen LogP contribution >= 0.6 is 27.5 Å². The monoisotopic (exact) mass is 320 g/mol. The number of halogens is 3. The minimum Gasteiger partial charge on any atom is -0.381 e. The lowest BCUT2D eigenvalue weighted by Gasteiger charge is -2.35. The summed E-state index contributed by atoms with van der Waals surface area (Å²) in [6, 6.07) is 5.00. The molecule has 1 heterocycles. The van der Waals surface area contributed by atoms with Crippen LogP contribution in [0.15, 0.2) is 18.2 Å². The van der Waals surface area contributed by atoms with Crippen LogP contribution in [-0.4, -0.2) is 18.5 Å². The molecule has 0 spiro atoms. The maximum absolute atomic E-state index is 13.4. The summed E-state index contributed by atoms with van der Waals surface area (Å²) in [5, 5.41) is 1.10. The van der Waals surface area contributed by atoms with E-state index in [1.807, 2.05) is 6.07 Å². The molecule has 17 heavy (non-hydrogen) atoms. The largest absolute Gasteiger partial charge is 0.381 e. The average molecular weight is 322 g/mol. The molecule has 1 aromatic rings. The van der Waals surface area contributed by atoms with Crippen molar-refractivity contribution < 1.29 is 9.13 Å². The van der Waals surface area contributed by atoms with E-state index in [2.05, 4.69) is 15.9 Å². The average Bonchev–Trinajstić information content (AvgIpc) is 2.36. The van der Waals surface area contributed by atoms with Crippen molar-refractivity contribution in [3.8, 4) is 0 Å². The fourth-order valence-corrected chi connectivity index (χ4v) is 3.12. The van der Waals surface area contributed by atoms with Gasteiger partial charge in [-0.2, -0.15) is 0 Å². The fraction of sp³-hybridized carbons (Fsp3) is 0.538. The SMILES string of the molecule is Fc1cccc(CC2(CBr)CCCOC2)c1Cl. The van der Waals surface area contributed by atoms with Crippen LogP contribution in [0.1, 0.15) is 18.4 Å². The Morgan fingerprint density at radius 1 is 1.47 bits per heavy atom. The summed E-state index contributed by atoms with van der Waals surface area (Å²) in [5.41, 5.74) is 0.923. The predicted octanol–water partition coefficient (Wildman–Crippen LogP) is 4.21. The summed E-state index contributed by atoms with van der Waals surface area (Å²) in [5.74, 6) is -0.342. The van der Waals surface area contributed by atoms with Crippen molar-refractivity contribution in [3.05, 3.63) is 34.6 Å². The number of alkyl halides is 1. The van der Waals surface area contributed by atoms with E-state index in [1.165, 1.54) is 6.07 Å². The second-order valence-corrected chi connectivity index (χ2v) is 5.62. The molecule has 1 aliphatic rings. The van der Waals surface area contributed by atoms with Gasteiger partial charge in [-0.3, -0.25) is 0 Å². The van der Waals surface area contributed by atoms with Crippen LogP contribution in [0.5, 0.6) is 0 Å². The maximum Gasteiger partial charge on any atom is 0.142 e. The Morgan fingerprint density at radius 3 is 2.94 bits per heavy atom. The van der Waals surface area contributed by atoms with Gasteiger partial charge in [0, 0.05) is 17.4 Å². The highest BCUT2D eigenvalue weighted by atomic mass is 79.9. The number of hydrogen-bond acceptors (Lipinski definition) is 1. The Hall–Kier alpha value is -0.120. The van der Waals surface area contributed by atoms with Crippen molar-refractivity contribution in [2.75, 3.05) is 18.5 Å². The molecule has 1 saturated heterocycles. The molecule has 1 atom stereocenters. The molecule has 1 aromatic carbocycles. The van der Waals surface area contributed by atoms with Crippen LogP contribution < -0.4 is 0 Å². The highest BCUT2D eigenvalue weighted by Crippen LogP contribution is 2.36. The Morgan fingerprint density at radius 2 is 2.29 bits per heavy atom. The second-order valence-electron chi connectivity index (χ2n) is 4.68. The Balaban J connectivity index is 2.20. The van der Waals surface area contributed by atoms with Gasteiger partial charge in [-0.15, -0.1) is 0 Å². The van der Waals surface area contributed by atoms with E-state index < -0.39 is 0 Å². The topological polar surface area (TPSA) is 9.23 Å². The third-order valence-corrected chi connectivity index (χ3v) is 4.90. The molecule has 2 rings (SSSR count). The molecule has 4 heteroatoms. The van der Waals surface area contributed by atoms with Gasteiger partial charge in [0.15, 0.2) is 0 Å². The number of ether oxygens (including phenoxy) is 1. The zero-order valence-corrected chi connectivity index (χ0v) is 11.9. The second kappa shape index (κ2) is 5.68. The Labute approximate surface area is 114 Å². The minimum atomic E-state index is -0.342. The van der Waals surface area contributed by atoms with Gasteiger partial charge in [0.25, 0.3) is 0 Å². The van der Waals surface area contributed by atoms with E-state index >= 15 is 0 Å². The summed E-state index contributed by atoms with van der Waals surface area (Å²) in [6.45, 7) is 1.54. The molecule has 0 saturated carbocycles. The smallest absolute Gasteiger partial charge is 0.142 e. The van der Waals surface area contributed by atoms with Gasteiger partial charge < -0.3 is 4.74 Å². The zero-order valence-electron chi connectivity index (χ0n) is 9.52. The molecule has 0 N–H and O–H groups in total. The summed E-state index contributed by atoms with van der Waals surface area (Å²) >= 11 is 9.55. The van der Waals surface area contributed by atoms with E-state index in [1.54, 1.807) is 6.07 Å². The molecule has 0 radical (unpaired) electrons. The molecular formula is C13H15BrClFO. The number of hydrogen-bond donors (Lipinski definition) is 0. The van der Waals surface area contributed by atoms with E-state index in [0.29, 0.717) is 6.61 Å². The van der Waals surface area contributed by atoms with Crippen LogP contribution in [0.2, 0.25) is 5.02 Å². The van der Waals surface area contributed by atoms with Gasteiger partial charge in [0.05, 0.1) is 11.6 Å². The van der Waals surface area contributed by atoms with Crippen LogP contribution in [-0.2, 0) is 11.2 Å². The first kappa shape index (κ1) is 13.3. The molecule has 0 aromatic heterocycles. The quantitative estimate of drug-likeness (QED) is 0.758. The zero-order chi connectivity index (χ0) is 12.3. The molecule has 1 fully saturated rings. The van der Waals surface area contributed by atoms with Crippen LogP contribution in [0.4, 0.5) is 4.39 Å². The van der Waals surface area contributed by atoms with Gasteiger partial charge in [0.1, 0.15) is 5.82 Å². The van der Waals surface area contributed by atoms with E-state index in [0.717, 1.165) is 36.8 Å². The van der Waals surface area contributed by atoms with Crippen molar-refractivity contribution in [1.82, 2.24) is 0 Å². The predicted molar refractivity (Wildman–Crippen MR) is 71.4 cm³/mol. The van der Waals surface area contributed by atoms with Crippen molar-refractivity contribution in [2.24, 2.45) is 5.41 Å². The van der Waals surface area contributed by atoms with Crippen LogP contribution in [0, 0.1) is 11.2 Å². The van der Waals surface area contributed by atoms with Crippen molar-refractivity contribution >= 4 is 27.5 Å². The molecular weight excluding hydrogens is 306 g/mol. The lowest BCUT2D eigenvalue weighted by Crippen LogP contribution is -2.35. The van der Waals surface area contributed by atoms with E-state index in [9.17, 15) is 4.39 Å². The van der Waals surface area contributed by atoms with Crippen LogP contribution in [0.25, 0.3) is 0 Å². The van der Waals surface area contributed by atoms with Crippen LogP contribution in [0.3, 0.4) is 0 Å². The molecule has 0 amide bonds. The van der Waals surface area contributed by atoms with Crippen molar-refractivity contribution in [3.63, 3.8) is 0 Å². The summed E-state index contributed by atoms with van der Waals surface area (Å²) in [7, 11) is 0. The van der Waals surface area contributed by atoms with E-state index in [4.69, 9.17) is 16.3 Å². The first-order chi connectivity index (χ1) is 8.17. The fourth-order valence-electron chi connectivity index (χ4n) is 2.29. The number of benzene rings is 1. The number of rotatable bonds is 3. The van der Waals surface area contributed by atoms with Gasteiger partial charge in [-0.1, -0.05) is 39.7 Å². The highest BCUT2D eigenvalue weighted by Gasteiger charge is 2.32. The van der Waals surface area contributed by atoms with Gasteiger partial charge in [-0.25, -0.2) is 4.39 Å². The highest BCUT2D eigenvalue weighted by molar-refractivity contribution is 9.09. The molecule has 1 nitrogen and oxygen atoms in total. The first-order valence-electron chi connectivity index (χ1n) is 5.73. The molecule has 0 aliphatic carbocycles. The molecule has 1 unspecified atom stereocenters. The standard InChI is InChI=1S/C13H15BrClFO/c14-8-13(5-2-6-17-9-13)7-10-3-1-4-11(16)12(10)15/h1,3-4H,2,5-9H2. The minimum absolute atomic E-state index is 0.0513. The van der Waals surface area contributed by atoms with Crippen molar-refractivity contribution in [1.29, 1.82) is 0 Å². The normalized spacial score (nSPS) is 24.9.